The summed E-state index contributed by atoms with van der Waals surface area (Å²) in [5.41, 5.74) is 0.741. The van der Waals surface area contributed by atoms with Crippen molar-refractivity contribution in [3.63, 3.8) is 0 Å². The number of aromatic hydroxyl groups is 1. The van der Waals surface area contributed by atoms with Gasteiger partial charge in [0.25, 0.3) is 0 Å². The molecule has 43 valence electrons. The Kier molecular flexibility index (Phi) is 1.20. The average Bonchev–Trinajstić information content (AvgIpc) is 2.14. The molecule has 0 saturated heterocycles. The normalized spacial score (nSPS) is 9.62. The van der Waals surface area contributed by atoms with E-state index in [4.69, 9.17) is 5.11 Å². The van der Waals surface area contributed by atoms with Crippen molar-refractivity contribution in [3.05, 3.63) is 11.8 Å². The molecule has 3 heteroatoms. The molecule has 8 heavy (non-hydrogen) atoms. The second-order valence-corrected chi connectivity index (χ2v) is 1.52. The van der Waals surface area contributed by atoms with Crippen molar-refractivity contribution in [1.29, 1.82) is 0 Å². The number of rotatable bonds is 1. The van der Waals surface area contributed by atoms with Gasteiger partial charge in [-0.2, -0.15) is 5.10 Å². The first kappa shape index (κ1) is 5.15. The number of nitrogens with one attached hydrogen (secondary N) is 1. The first-order chi connectivity index (χ1) is 3.84. The van der Waals surface area contributed by atoms with E-state index in [0.717, 1.165) is 12.0 Å². The number of H-pyrrole nitrogens is 1. The molecule has 0 unspecified atom stereocenters. The van der Waals surface area contributed by atoms with Gasteiger partial charge in [0.05, 0.1) is 0 Å². The quantitative estimate of drug-likeness (QED) is 0.553. The van der Waals surface area contributed by atoms with Crippen molar-refractivity contribution in [2.45, 2.75) is 13.3 Å². The third-order valence-corrected chi connectivity index (χ3v) is 0.992. The van der Waals surface area contributed by atoms with Gasteiger partial charge in [0.2, 0.25) is 5.88 Å². The Hall–Kier alpha value is -0.990. The Morgan fingerprint density at radius 3 is 2.88 bits per heavy atom. The second-order valence-electron chi connectivity index (χ2n) is 1.52. The van der Waals surface area contributed by atoms with Crippen molar-refractivity contribution >= 4 is 0 Å². The summed E-state index contributed by atoms with van der Waals surface area (Å²) in [5, 5.41) is 14.7. The van der Waals surface area contributed by atoms with E-state index >= 15 is 0 Å². The number of aryl methyl sites for hydroxylation is 1. The van der Waals surface area contributed by atoms with Gasteiger partial charge in [-0.25, -0.2) is 5.10 Å². The highest BCUT2D eigenvalue weighted by atomic mass is 16.3. The molecule has 0 aliphatic heterocycles. The van der Waals surface area contributed by atoms with Crippen LogP contribution < -0.4 is 0 Å². The van der Waals surface area contributed by atoms with Crippen LogP contribution in [0.1, 0.15) is 12.5 Å². The van der Waals surface area contributed by atoms with E-state index < -0.39 is 0 Å². The first-order valence-corrected chi connectivity index (χ1v) is 2.48. The Balaban J connectivity index is 2.92. The molecule has 1 rings (SSSR count). The minimum absolute atomic E-state index is 0.132. The molecule has 1 aromatic rings. The molecule has 2 N–H and O–H groups in total. The molecule has 1 heterocycles. The summed E-state index contributed by atoms with van der Waals surface area (Å²) in [6.45, 7) is 1.93. The van der Waals surface area contributed by atoms with Gasteiger partial charge in [-0.3, -0.25) is 0 Å². The lowest BCUT2D eigenvalue weighted by atomic mass is 10.3. The van der Waals surface area contributed by atoms with E-state index in [0.29, 0.717) is 0 Å². The van der Waals surface area contributed by atoms with Crippen LogP contribution in [0.5, 0.6) is 5.88 Å². The molecule has 0 aliphatic carbocycles. The van der Waals surface area contributed by atoms with Gasteiger partial charge in [-0.15, -0.1) is 0 Å². The molecule has 1 aromatic heterocycles. The van der Waals surface area contributed by atoms with E-state index in [2.05, 4.69) is 16.4 Å². The number of aromatic amines is 1. The van der Waals surface area contributed by atoms with E-state index in [-0.39, 0.29) is 5.88 Å². The summed E-state index contributed by atoms with van der Waals surface area (Å²) in [6.07, 6.45) is 3.37. The maximum absolute atomic E-state index is 8.80. The summed E-state index contributed by atoms with van der Waals surface area (Å²) >= 11 is 0. The van der Waals surface area contributed by atoms with Crippen LogP contribution in [-0.4, -0.2) is 15.3 Å². The topological polar surface area (TPSA) is 48.9 Å². The predicted octanol–water partition coefficient (Wildman–Crippen LogP) is 0.478. The zero-order valence-corrected chi connectivity index (χ0v) is 4.60. The Morgan fingerprint density at radius 2 is 2.62 bits per heavy atom. The standard InChI is InChI=1S/C5H7N2O/c1-2-4-3-6-7-5(4)8/h2H2,1H3,(H2,6,7,8). The van der Waals surface area contributed by atoms with Crippen LogP contribution in [0.2, 0.25) is 0 Å². The Morgan fingerprint density at radius 1 is 1.88 bits per heavy atom. The van der Waals surface area contributed by atoms with Gasteiger partial charge in [0, 0.05) is 5.56 Å². The third-order valence-electron chi connectivity index (χ3n) is 0.992. The Bertz CT molecular complexity index is 171. The molecule has 0 saturated carbocycles. The van der Waals surface area contributed by atoms with E-state index in [9.17, 15) is 0 Å². The molecule has 0 amide bonds. The molecular formula is C5H7N2O. The molecule has 0 aliphatic rings. The molecule has 0 bridgehead atoms. The molecule has 3 nitrogen and oxygen atoms in total. The van der Waals surface area contributed by atoms with Crippen LogP contribution >= 0.6 is 0 Å². The van der Waals surface area contributed by atoms with Crippen LogP contribution in [0, 0.1) is 6.20 Å². The second kappa shape index (κ2) is 1.86. The molecule has 0 atom stereocenters. The average molecular weight is 111 g/mol. The largest absolute Gasteiger partial charge is 0.493 e. The zero-order valence-electron chi connectivity index (χ0n) is 4.60. The minimum Gasteiger partial charge on any atom is -0.493 e. The summed E-state index contributed by atoms with van der Waals surface area (Å²) in [4.78, 5) is 0. The van der Waals surface area contributed by atoms with Crippen molar-refractivity contribution in [2.24, 2.45) is 0 Å². The van der Waals surface area contributed by atoms with Crippen molar-refractivity contribution in [2.75, 3.05) is 0 Å². The minimum atomic E-state index is 0.132. The highest BCUT2D eigenvalue weighted by molar-refractivity contribution is 5.18. The lowest BCUT2D eigenvalue weighted by molar-refractivity contribution is 0.446. The predicted molar refractivity (Wildman–Crippen MR) is 28.5 cm³/mol. The molecule has 0 aromatic carbocycles. The van der Waals surface area contributed by atoms with Gasteiger partial charge in [0.15, 0.2) is 0 Å². The van der Waals surface area contributed by atoms with Crippen LogP contribution in [-0.2, 0) is 6.42 Å². The fraction of sp³-hybridized carbons (Fsp3) is 0.400. The van der Waals surface area contributed by atoms with E-state index in [1.54, 1.807) is 0 Å². The highest BCUT2D eigenvalue weighted by Crippen LogP contribution is 2.09. The van der Waals surface area contributed by atoms with Crippen LogP contribution in [0.3, 0.4) is 0 Å². The van der Waals surface area contributed by atoms with Gasteiger partial charge in [-0.05, 0) is 6.42 Å². The summed E-state index contributed by atoms with van der Waals surface area (Å²) in [5.74, 6) is 0.132. The fourth-order valence-electron chi connectivity index (χ4n) is 0.515. The van der Waals surface area contributed by atoms with Gasteiger partial charge >= 0.3 is 0 Å². The maximum Gasteiger partial charge on any atom is 0.210 e. The lowest BCUT2D eigenvalue weighted by Crippen LogP contribution is -1.72. The van der Waals surface area contributed by atoms with Crippen LogP contribution in [0.15, 0.2) is 0 Å². The van der Waals surface area contributed by atoms with Crippen LogP contribution in [0.4, 0.5) is 0 Å². The first-order valence-electron chi connectivity index (χ1n) is 2.48. The summed E-state index contributed by atoms with van der Waals surface area (Å²) < 4.78 is 0. The maximum atomic E-state index is 8.80. The van der Waals surface area contributed by atoms with E-state index in [1.165, 1.54) is 0 Å². The zero-order chi connectivity index (χ0) is 5.98. The van der Waals surface area contributed by atoms with Gasteiger partial charge < -0.3 is 5.11 Å². The van der Waals surface area contributed by atoms with Crippen molar-refractivity contribution < 1.29 is 5.11 Å². The lowest BCUT2D eigenvalue weighted by Gasteiger charge is -1.84. The van der Waals surface area contributed by atoms with Crippen molar-refractivity contribution in [1.82, 2.24) is 10.2 Å². The van der Waals surface area contributed by atoms with Crippen molar-refractivity contribution in [3.8, 4) is 5.88 Å². The Labute approximate surface area is 47.4 Å². The fourth-order valence-corrected chi connectivity index (χ4v) is 0.515. The van der Waals surface area contributed by atoms with Gasteiger partial charge in [-0.1, -0.05) is 6.92 Å². The number of nitrogens with zero attached hydrogens (tertiary/aromatic N) is 1. The summed E-state index contributed by atoms with van der Waals surface area (Å²) in [7, 11) is 0. The molecule has 0 spiro atoms. The number of hydrogen-bond acceptors (Lipinski definition) is 2. The smallest absolute Gasteiger partial charge is 0.210 e. The number of aromatic nitrogens is 2. The third kappa shape index (κ3) is 0.665. The molecule has 0 fully saturated rings. The van der Waals surface area contributed by atoms with Crippen LogP contribution in [0.25, 0.3) is 0 Å². The van der Waals surface area contributed by atoms with E-state index in [1.807, 2.05) is 6.92 Å². The molecular weight excluding hydrogens is 104 g/mol. The SMILES string of the molecule is CCc1[c]n[nH]c1O. The monoisotopic (exact) mass is 111 g/mol. The summed E-state index contributed by atoms with van der Waals surface area (Å²) in [6, 6.07) is 0. The molecule has 1 radical (unpaired) electrons. The van der Waals surface area contributed by atoms with Gasteiger partial charge in [0.1, 0.15) is 6.20 Å². The number of hydrogen-bond donors (Lipinski definition) is 2. The highest BCUT2D eigenvalue weighted by Gasteiger charge is 1.97.